The average molecular weight is 266 g/mol. The first kappa shape index (κ1) is 13.5. The summed E-state index contributed by atoms with van der Waals surface area (Å²) in [4.78, 5) is 23.1. The highest BCUT2D eigenvalue weighted by molar-refractivity contribution is 6.03. The number of carbonyl (C=O) groups is 2. The van der Waals surface area contributed by atoms with Crippen LogP contribution in [0, 0.1) is 5.82 Å². The van der Waals surface area contributed by atoms with Crippen LogP contribution in [-0.4, -0.2) is 22.5 Å². The van der Waals surface area contributed by atoms with Crippen LogP contribution in [-0.2, 0) is 4.79 Å². The van der Waals surface area contributed by atoms with Crippen LogP contribution >= 0.6 is 0 Å². The zero-order valence-corrected chi connectivity index (χ0v) is 10.3. The first-order valence-electron chi connectivity index (χ1n) is 6.05. The van der Waals surface area contributed by atoms with Gasteiger partial charge in [-0.1, -0.05) is 12.8 Å². The molecule has 1 amide bonds. The molecule has 1 aromatic carbocycles. The van der Waals surface area contributed by atoms with Gasteiger partial charge in [0.1, 0.15) is 5.82 Å². The molecule has 102 valence electrons. The SMILES string of the molecule is NC1(C(=O)Nc2cc(F)ccc2C(=O)O)CCCC1. The zero-order valence-electron chi connectivity index (χ0n) is 10.3. The van der Waals surface area contributed by atoms with Gasteiger partial charge in [-0.15, -0.1) is 0 Å². The van der Waals surface area contributed by atoms with Crippen molar-refractivity contribution >= 4 is 17.6 Å². The standard InChI is InChI=1S/C13H15FN2O3/c14-8-3-4-9(11(17)18)10(7-8)16-12(19)13(15)5-1-2-6-13/h3-4,7H,1-2,5-6,15H2,(H,16,19)(H,17,18). The van der Waals surface area contributed by atoms with Gasteiger partial charge in [0, 0.05) is 0 Å². The lowest BCUT2D eigenvalue weighted by Crippen LogP contribution is -2.48. The highest BCUT2D eigenvalue weighted by Gasteiger charge is 2.37. The number of rotatable bonds is 3. The summed E-state index contributed by atoms with van der Waals surface area (Å²) in [5.41, 5.74) is 4.76. The summed E-state index contributed by atoms with van der Waals surface area (Å²) < 4.78 is 13.2. The van der Waals surface area contributed by atoms with E-state index in [2.05, 4.69) is 5.32 Å². The molecule has 0 atom stereocenters. The number of carboxylic acids is 1. The van der Waals surface area contributed by atoms with Crippen LogP contribution in [0.3, 0.4) is 0 Å². The molecule has 0 spiro atoms. The lowest BCUT2D eigenvalue weighted by molar-refractivity contribution is -0.121. The third kappa shape index (κ3) is 2.73. The third-order valence-corrected chi connectivity index (χ3v) is 3.41. The molecule has 2 rings (SSSR count). The lowest BCUT2D eigenvalue weighted by atomic mass is 9.97. The minimum Gasteiger partial charge on any atom is -0.478 e. The maximum atomic E-state index is 13.2. The Labute approximate surface area is 109 Å². The first-order valence-corrected chi connectivity index (χ1v) is 6.05. The van der Waals surface area contributed by atoms with Crippen LogP contribution in [0.4, 0.5) is 10.1 Å². The summed E-state index contributed by atoms with van der Waals surface area (Å²) in [5.74, 6) is -2.30. The van der Waals surface area contributed by atoms with Gasteiger partial charge in [-0.05, 0) is 31.0 Å². The first-order chi connectivity index (χ1) is 8.92. The van der Waals surface area contributed by atoms with E-state index in [9.17, 15) is 14.0 Å². The minimum atomic E-state index is -1.23. The predicted octanol–water partition coefficient (Wildman–Crippen LogP) is 1.73. The highest BCUT2D eigenvalue weighted by atomic mass is 19.1. The van der Waals surface area contributed by atoms with Crippen molar-refractivity contribution in [3.05, 3.63) is 29.6 Å². The molecule has 1 aromatic rings. The van der Waals surface area contributed by atoms with E-state index in [1.807, 2.05) is 0 Å². The monoisotopic (exact) mass is 266 g/mol. The molecule has 19 heavy (non-hydrogen) atoms. The van der Waals surface area contributed by atoms with Crippen molar-refractivity contribution in [1.82, 2.24) is 0 Å². The highest BCUT2D eigenvalue weighted by Crippen LogP contribution is 2.29. The van der Waals surface area contributed by atoms with Crippen molar-refractivity contribution < 1.29 is 19.1 Å². The summed E-state index contributed by atoms with van der Waals surface area (Å²) in [6.45, 7) is 0. The van der Waals surface area contributed by atoms with Crippen molar-refractivity contribution in [1.29, 1.82) is 0 Å². The molecule has 6 heteroatoms. The Morgan fingerprint density at radius 2 is 1.95 bits per heavy atom. The zero-order chi connectivity index (χ0) is 14.0. The molecule has 0 unspecified atom stereocenters. The Kier molecular flexibility index (Phi) is 3.53. The number of benzene rings is 1. The number of hydrogen-bond donors (Lipinski definition) is 3. The number of hydrogen-bond acceptors (Lipinski definition) is 3. The largest absolute Gasteiger partial charge is 0.478 e. The lowest BCUT2D eigenvalue weighted by Gasteiger charge is -2.22. The van der Waals surface area contributed by atoms with E-state index in [0.29, 0.717) is 12.8 Å². The summed E-state index contributed by atoms with van der Waals surface area (Å²) in [7, 11) is 0. The van der Waals surface area contributed by atoms with Crippen molar-refractivity contribution in [2.24, 2.45) is 5.73 Å². The topological polar surface area (TPSA) is 92.4 Å². The fourth-order valence-corrected chi connectivity index (χ4v) is 2.29. The van der Waals surface area contributed by atoms with Crippen LogP contribution in [0.1, 0.15) is 36.0 Å². The van der Waals surface area contributed by atoms with Crippen molar-refractivity contribution in [2.45, 2.75) is 31.2 Å². The Morgan fingerprint density at radius 3 is 2.53 bits per heavy atom. The number of anilines is 1. The second-order valence-electron chi connectivity index (χ2n) is 4.81. The molecule has 0 bridgehead atoms. The Hall–Kier alpha value is -1.95. The smallest absolute Gasteiger partial charge is 0.337 e. The average Bonchev–Trinajstić information content (AvgIpc) is 2.77. The van der Waals surface area contributed by atoms with Crippen LogP contribution < -0.4 is 11.1 Å². The van der Waals surface area contributed by atoms with Gasteiger partial charge in [-0.25, -0.2) is 9.18 Å². The Bertz CT molecular complexity index is 525. The maximum Gasteiger partial charge on any atom is 0.337 e. The fraction of sp³-hybridized carbons (Fsp3) is 0.385. The molecule has 1 fully saturated rings. The third-order valence-electron chi connectivity index (χ3n) is 3.41. The van der Waals surface area contributed by atoms with Gasteiger partial charge in [-0.2, -0.15) is 0 Å². The fourth-order valence-electron chi connectivity index (χ4n) is 2.29. The van der Waals surface area contributed by atoms with Crippen molar-refractivity contribution in [3.8, 4) is 0 Å². The number of halogens is 1. The molecule has 4 N–H and O–H groups in total. The molecule has 0 aromatic heterocycles. The van der Waals surface area contributed by atoms with E-state index in [1.54, 1.807) is 0 Å². The summed E-state index contributed by atoms with van der Waals surface area (Å²) >= 11 is 0. The van der Waals surface area contributed by atoms with Crippen LogP contribution in [0.25, 0.3) is 0 Å². The number of carbonyl (C=O) groups excluding carboxylic acids is 1. The molecule has 1 aliphatic carbocycles. The number of aromatic carboxylic acids is 1. The number of nitrogens with one attached hydrogen (secondary N) is 1. The van der Waals surface area contributed by atoms with E-state index in [0.717, 1.165) is 31.0 Å². The van der Waals surface area contributed by atoms with Gasteiger partial charge >= 0.3 is 5.97 Å². The predicted molar refractivity (Wildman–Crippen MR) is 67.4 cm³/mol. The molecule has 0 radical (unpaired) electrons. The maximum absolute atomic E-state index is 13.2. The van der Waals surface area contributed by atoms with E-state index in [-0.39, 0.29) is 11.3 Å². The normalized spacial score (nSPS) is 17.2. The number of carboxylic acid groups (broad SMARTS) is 1. The summed E-state index contributed by atoms with van der Waals surface area (Å²) in [6, 6.07) is 3.14. The summed E-state index contributed by atoms with van der Waals surface area (Å²) in [6.07, 6.45) is 2.82. The second kappa shape index (κ2) is 4.97. The molecular formula is C13H15FN2O3. The molecule has 0 saturated heterocycles. The number of nitrogens with two attached hydrogens (primary N) is 1. The van der Waals surface area contributed by atoms with E-state index in [1.165, 1.54) is 0 Å². The molecular weight excluding hydrogens is 251 g/mol. The molecule has 0 heterocycles. The minimum absolute atomic E-state index is 0.0609. The van der Waals surface area contributed by atoms with Crippen molar-refractivity contribution in [2.75, 3.05) is 5.32 Å². The second-order valence-corrected chi connectivity index (χ2v) is 4.81. The van der Waals surface area contributed by atoms with Gasteiger partial charge in [0.05, 0.1) is 16.8 Å². The quantitative estimate of drug-likeness (QED) is 0.776. The van der Waals surface area contributed by atoms with E-state index < -0.39 is 23.2 Å². The van der Waals surface area contributed by atoms with Gasteiger partial charge in [0.15, 0.2) is 0 Å². The Morgan fingerprint density at radius 1 is 1.32 bits per heavy atom. The molecule has 1 saturated carbocycles. The molecule has 0 aliphatic heterocycles. The molecule has 5 nitrogen and oxygen atoms in total. The van der Waals surface area contributed by atoms with Crippen molar-refractivity contribution in [3.63, 3.8) is 0 Å². The van der Waals surface area contributed by atoms with Gasteiger partial charge in [0.25, 0.3) is 0 Å². The Balaban J connectivity index is 2.25. The summed E-state index contributed by atoms with van der Waals surface area (Å²) in [5, 5.41) is 11.4. The van der Waals surface area contributed by atoms with Gasteiger partial charge < -0.3 is 16.2 Å². The number of amides is 1. The molecule has 1 aliphatic rings. The van der Waals surface area contributed by atoms with E-state index >= 15 is 0 Å². The van der Waals surface area contributed by atoms with Crippen LogP contribution in [0.2, 0.25) is 0 Å². The van der Waals surface area contributed by atoms with E-state index in [4.69, 9.17) is 10.8 Å². The van der Waals surface area contributed by atoms with Crippen LogP contribution in [0.5, 0.6) is 0 Å². The van der Waals surface area contributed by atoms with Gasteiger partial charge in [0.2, 0.25) is 5.91 Å². The van der Waals surface area contributed by atoms with Gasteiger partial charge in [-0.3, -0.25) is 4.79 Å². The van der Waals surface area contributed by atoms with Crippen LogP contribution in [0.15, 0.2) is 18.2 Å².